The minimum absolute atomic E-state index is 0.131. The number of nitrogens with zero attached hydrogens (tertiary/aromatic N) is 1. The van der Waals surface area contributed by atoms with Gasteiger partial charge in [-0.1, -0.05) is 30.3 Å². The Morgan fingerprint density at radius 3 is 2.17 bits per heavy atom. The molecule has 0 saturated heterocycles. The number of carbonyl (C=O) groups excluding carboxylic acids is 2. The number of hydrogen-bond acceptors (Lipinski definition) is 5. The molecule has 30 heavy (non-hydrogen) atoms. The molecule has 7 heteroatoms. The quantitative estimate of drug-likeness (QED) is 0.466. The van der Waals surface area contributed by atoms with Crippen LogP contribution < -0.4 is 16.0 Å². The van der Waals surface area contributed by atoms with Crippen LogP contribution in [0.25, 0.3) is 11.1 Å². The molecular weight excluding hydrogens is 378 g/mol. The van der Waals surface area contributed by atoms with E-state index in [-0.39, 0.29) is 17.5 Å². The molecule has 7 nitrogen and oxygen atoms in total. The summed E-state index contributed by atoms with van der Waals surface area (Å²) in [6.45, 7) is 2.90. The summed E-state index contributed by atoms with van der Waals surface area (Å²) < 4.78 is 0. The molecule has 1 aromatic heterocycles. The van der Waals surface area contributed by atoms with E-state index in [0.717, 1.165) is 11.1 Å². The van der Waals surface area contributed by atoms with E-state index in [1.807, 2.05) is 48.5 Å². The third-order valence-electron chi connectivity index (χ3n) is 4.38. The van der Waals surface area contributed by atoms with Gasteiger partial charge in [-0.05, 0) is 35.4 Å². The fourth-order valence-electron chi connectivity index (χ4n) is 3.12. The number of anilines is 3. The number of nitrogens with one attached hydrogen (secondary N) is 4. The second-order valence-corrected chi connectivity index (χ2v) is 6.77. The molecule has 2 amide bonds. The number of benzene rings is 2. The normalized spacial score (nSPS) is 10.2. The smallest absolute Gasteiger partial charge is 0.221 e. The molecule has 3 rings (SSSR count). The first-order valence-corrected chi connectivity index (χ1v) is 9.40. The van der Waals surface area contributed by atoms with Crippen molar-refractivity contribution < 1.29 is 9.59 Å². The maximum atomic E-state index is 11.4. The molecule has 0 aliphatic carbocycles. The van der Waals surface area contributed by atoms with Crippen LogP contribution in [-0.2, 0) is 9.59 Å². The Labute approximate surface area is 175 Å². The maximum absolute atomic E-state index is 11.4. The Hall–Kier alpha value is -4.00. The summed E-state index contributed by atoms with van der Waals surface area (Å²) in [6, 6.07) is 16.9. The molecule has 0 saturated carbocycles. The van der Waals surface area contributed by atoms with Gasteiger partial charge in [0.15, 0.2) is 0 Å². The zero-order chi connectivity index (χ0) is 21.7. The van der Waals surface area contributed by atoms with Crippen molar-refractivity contribution in [2.24, 2.45) is 0 Å². The third-order valence-corrected chi connectivity index (χ3v) is 4.38. The number of amides is 2. The van der Waals surface area contributed by atoms with Gasteiger partial charge in [-0.3, -0.25) is 15.0 Å². The average Bonchev–Trinajstić information content (AvgIpc) is 2.72. The highest BCUT2D eigenvalue weighted by molar-refractivity contribution is 6.14. The van der Waals surface area contributed by atoms with Crippen molar-refractivity contribution in [1.29, 1.82) is 5.41 Å². The monoisotopic (exact) mass is 401 g/mol. The molecule has 2 aromatic carbocycles. The van der Waals surface area contributed by atoms with Gasteiger partial charge >= 0.3 is 0 Å². The Morgan fingerprint density at radius 2 is 1.50 bits per heavy atom. The number of aromatic nitrogens is 1. The van der Waals surface area contributed by atoms with Crippen molar-refractivity contribution >= 4 is 34.7 Å². The highest BCUT2D eigenvalue weighted by Crippen LogP contribution is 2.26. The largest absolute Gasteiger partial charge is 0.373 e. The van der Waals surface area contributed by atoms with Crippen LogP contribution in [0.4, 0.5) is 17.2 Å². The molecule has 1 heterocycles. The summed E-state index contributed by atoms with van der Waals surface area (Å²) >= 11 is 0. The molecule has 0 aliphatic rings. The lowest BCUT2D eigenvalue weighted by molar-refractivity contribution is -0.115. The van der Waals surface area contributed by atoms with Gasteiger partial charge in [-0.2, -0.15) is 0 Å². The molecule has 4 N–H and O–H groups in total. The third kappa shape index (κ3) is 4.88. The van der Waals surface area contributed by atoms with Crippen molar-refractivity contribution in [3.8, 4) is 11.1 Å². The number of hydrogen-bond donors (Lipinski definition) is 4. The van der Waals surface area contributed by atoms with Gasteiger partial charge in [0.1, 0.15) is 5.82 Å². The Kier molecular flexibility index (Phi) is 6.22. The van der Waals surface area contributed by atoms with Crippen molar-refractivity contribution in [2.45, 2.75) is 13.8 Å². The van der Waals surface area contributed by atoms with Gasteiger partial charge in [0.2, 0.25) is 11.8 Å². The number of carbonyl (C=O) groups is 2. The van der Waals surface area contributed by atoms with E-state index in [4.69, 9.17) is 5.41 Å². The van der Waals surface area contributed by atoms with Crippen molar-refractivity contribution in [3.05, 3.63) is 71.9 Å². The van der Waals surface area contributed by atoms with Gasteiger partial charge in [0.05, 0.1) is 17.6 Å². The van der Waals surface area contributed by atoms with Crippen molar-refractivity contribution in [1.82, 2.24) is 4.98 Å². The van der Waals surface area contributed by atoms with Crippen LogP contribution >= 0.6 is 0 Å². The molecular formula is C23H23N5O2. The Bertz CT molecular complexity index is 1120. The summed E-state index contributed by atoms with van der Waals surface area (Å²) in [5.74, 6) is 0.216. The average molecular weight is 401 g/mol. The molecule has 0 spiro atoms. The molecule has 0 atom stereocenters. The molecule has 0 bridgehead atoms. The van der Waals surface area contributed by atoms with E-state index in [2.05, 4.69) is 20.9 Å². The summed E-state index contributed by atoms with van der Waals surface area (Å²) in [6.07, 6.45) is 1.55. The predicted octanol–water partition coefficient (Wildman–Crippen LogP) is 4.12. The van der Waals surface area contributed by atoms with Gasteiger partial charge in [-0.25, -0.2) is 4.98 Å². The van der Waals surface area contributed by atoms with Gasteiger partial charge in [0.25, 0.3) is 0 Å². The van der Waals surface area contributed by atoms with E-state index in [9.17, 15) is 9.59 Å². The summed E-state index contributed by atoms with van der Waals surface area (Å²) in [5, 5.41) is 17.2. The maximum Gasteiger partial charge on any atom is 0.221 e. The zero-order valence-corrected chi connectivity index (χ0v) is 17.0. The van der Waals surface area contributed by atoms with Gasteiger partial charge in [0, 0.05) is 37.7 Å². The zero-order valence-electron chi connectivity index (χ0n) is 17.0. The minimum Gasteiger partial charge on any atom is -0.373 e. The fraction of sp³-hybridized carbons (Fsp3) is 0.130. The standard InChI is InChI=1S/C23H23N5O2/c1-14(29)27-19-9-5-7-17(11-19)16-6-4-8-18(10-16)22(24)21-12-20(28-15(2)30)13-26-23(21)25-3/h4-13,24H,1-3H3,(H,25,26)(H,27,29)(H,28,30). The van der Waals surface area contributed by atoms with Crippen molar-refractivity contribution in [3.63, 3.8) is 0 Å². The SMILES string of the molecule is CNc1ncc(NC(C)=O)cc1C(=N)c1cccc(-c2cccc(NC(C)=O)c2)c1. The van der Waals surface area contributed by atoms with Crippen LogP contribution in [0.15, 0.2) is 60.8 Å². The van der Waals surface area contributed by atoms with E-state index in [1.165, 1.54) is 13.8 Å². The van der Waals surface area contributed by atoms with Crippen LogP contribution in [0.3, 0.4) is 0 Å². The minimum atomic E-state index is -0.201. The van der Waals surface area contributed by atoms with E-state index in [0.29, 0.717) is 28.3 Å². The number of pyridine rings is 1. The van der Waals surface area contributed by atoms with E-state index < -0.39 is 0 Å². The molecule has 152 valence electrons. The summed E-state index contributed by atoms with van der Waals surface area (Å²) in [5.41, 5.74) is 4.64. The second-order valence-electron chi connectivity index (χ2n) is 6.77. The van der Waals surface area contributed by atoms with Crippen molar-refractivity contribution in [2.75, 3.05) is 23.0 Å². The van der Waals surface area contributed by atoms with E-state index >= 15 is 0 Å². The fourth-order valence-corrected chi connectivity index (χ4v) is 3.12. The first kappa shape index (κ1) is 20.7. The first-order chi connectivity index (χ1) is 14.4. The van der Waals surface area contributed by atoms with Gasteiger partial charge < -0.3 is 16.0 Å². The molecule has 0 fully saturated rings. The molecule has 3 aromatic rings. The second kappa shape index (κ2) is 9.00. The lowest BCUT2D eigenvalue weighted by Crippen LogP contribution is -2.11. The Balaban J connectivity index is 1.97. The summed E-state index contributed by atoms with van der Waals surface area (Å²) in [7, 11) is 1.74. The summed E-state index contributed by atoms with van der Waals surface area (Å²) in [4.78, 5) is 27.0. The highest BCUT2D eigenvalue weighted by atomic mass is 16.2. The molecule has 0 aliphatic heterocycles. The topological polar surface area (TPSA) is 107 Å². The molecule has 0 radical (unpaired) electrons. The van der Waals surface area contributed by atoms with E-state index in [1.54, 1.807) is 19.3 Å². The van der Waals surface area contributed by atoms with Gasteiger partial charge in [-0.15, -0.1) is 0 Å². The first-order valence-electron chi connectivity index (χ1n) is 9.40. The Morgan fingerprint density at radius 1 is 0.867 bits per heavy atom. The molecule has 0 unspecified atom stereocenters. The van der Waals surface area contributed by atoms with Crippen LogP contribution in [0.2, 0.25) is 0 Å². The highest BCUT2D eigenvalue weighted by Gasteiger charge is 2.13. The van der Waals surface area contributed by atoms with Crippen LogP contribution in [0.1, 0.15) is 25.0 Å². The lowest BCUT2D eigenvalue weighted by atomic mass is 9.97. The van der Waals surface area contributed by atoms with Crippen LogP contribution in [0.5, 0.6) is 0 Å². The number of rotatable bonds is 6. The van der Waals surface area contributed by atoms with Crippen LogP contribution in [0, 0.1) is 5.41 Å². The lowest BCUT2D eigenvalue weighted by Gasteiger charge is -2.13. The predicted molar refractivity (Wildman–Crippen MR) is 120 cm³/mol. The van der Waals surface area contributed by atoms with Crippen LogP contribution in [-0.4, -0.2) is 29.6 Å².